The molecular weight excluding hydrogens is 150 g/mol. The summed E-state index contributed by atoms with van der Waals surface area (Å²) in [6.45, 7) is 5.63. The molecule has 70 valence electrons. The lowest BCUT2D eigenvalue weighted by atomic mass is 9.75. The summed E-state index contributed by atoms with van der Waals surface area (Å²) in [6, 6.07) is 0. The van der Waals surface area contributed by atoms with Crippen LogP contribution in [-0.2, 0) is 0 Å². The summed E-state index contributed by atoms with van der Waals surface area (Å²) in [7, 11) is 0. The molecule has 2 fully saturated rings. The van der Waals surface area contributed by atoms with Crippen LogP contribution in [0.2, 0.25) is 0 Å². The second kappa shape index (κ2) is 3.35. The maximum absolute atomic E-state index is 9.88. The van der Waals surface area contributed by atoms with Gasteiger partial charge in [-0.2, -0.15) is 0 Å². The molecule has 1 aliphatic carbocycles. The van der Waals surface area contributed by atoms with E-state index in [1.807, 2.05) is 0 Å². The number of rotatable bonds is 1. The first-order valence-corrected chi connectivity index (χ1v) is 5.21. The van der Waals surface area contributed by atoms with Crippen LogP contribution in [0, 0.1) is 11.8 Å². The monoisotopic (exact) mass is 169 g/mol. The molecular formula is C10H19NO. The molecule has 0 aromatic carbocycles. The first kappa shape index (κ1) is 8.52. The number of aliphatic hydroxyl groups is 1. The largest absolute Gasteiger partial charge is 0.392 e. The van der Waals surface area contributed by atoms with E-state index < -0.39 is 0 Å². The predicted molar refractivity (Wildman–Crippen MR) is 49.0 cm³/mol. The Balaban J connectivity index is 2.02. The van der Waals surface area contributed by atoms with Gasteiger partial charge in [-0.05, 0) is 31.2 Å². The van der Waals surface area contributed by atoms with Crippen molar-refractivity contribution >= 4 is 0 Å². The SMILES string of the molecule is CCN1C[C@H]2CCC[C@H](C1)C2O. The average molecular weight is 169 g/mol. The number of hydrogen-bond donors (Lipinski definition) is 1. The summed E-state index contributed by atoms with van der Waals surface area (Å²) in [5, 5.41) is 9.88. The molecule has 0 unspecified atom stereocenters. The van der Waals surface area contributed by atoms with Crippen LogP contribution < -0.4 is 0 Å². The van der Waals surface area contributed by atoms with Crippen molar-refractivity contribution in [2.45, 2.75) is 32.3 Å². The van der Waals surface area contributed by atoms with Crippen molar-refractivity contribution in [3.8, 4) is 0 Å². The Morgan fingerprint density at radius 2 is 1.83 bits per heavy atom. The van der Waals surface area contributed by atoms with Crippen LogP contribution in [-0.4, -0.2) is 35.7 Å². The summed E-state index contributed by atoms with van der Waals surface area (Å²) < 4.78 is 0. The van der Waals surface area contributed by atoms with Gasteiger partial charge in [-0.1, -0.05) is 13.3 Å². The first-order valence-electron chi connectivity index (χ1n) is 5.21. The van der Waals surface area contributed by atoms with Gasteiger partial charge in [-0.15, -0.1) is 0 Å². The molecule has 2 nitrogen and oxygen atoms in total. The minimum Gasteiger partial charge on any atom is -0.392 e. The van der Waals surface area contributed by atoms with Gasteiger partial charge in [-0.25, -0.2) is 0 Å². The topological polar surface area (TPSA) is 23.5 Å². The second-order valence-corrected chi connectivity index (χ2v) is 4.29. The highest BCUT2D eigenvalue weighted by molar-refractivity contribution is 4.89. The van der Waals surface area contributed by atoms with Gasteiger partial charge in [0.15, 0.2) is 0 Å². The lowest BCUT2D eigenvalue weighted by molar-refractivity contribution is -0.0477. The summed E-state index contributed by atoms with van der Waals surface area (Å²) >= 11 is 0. The molecule has 1 heterocycles. The molecule has 0 radical (unpaired) electrons. The molecule has 2 rings (SSSR count). The molecule has 1 saturated carbocycles. The van der Waals surface area contributed by atoms with Crippen LogP contribution in [0.15, 0.2) is 0 Å². The number of likely N-dealkylation sites (tertiary alicyclic amines) is 1. The van der Waals surface area contributed by atoms with Crippen LogP contribution in [0.25, 0.3) is 0 Å². The molecule has 1 saturated heterocycles. The van der Waals surface area contributed by atoms with E-state index in [0.717, 1.165) is 19.6 Å². The van der Waals surface area contributed by atoms with E-state index in [9.17, 15) is 5.11 Å². The van der Waals surface area contributed by atoms with Crippen LogP contribution in [0.3, 0.4) is 0 Å². The van der Waals surface area contributed by atoms with E-state index in [4.69, 9.17) is 0 Å². The molecule has 0 aromatic rings. The minimum absolute atomic E-state index is 0.0153. The van der Waals surface area contributed by atoms with E-state index >= 15 is 0 Å². The van der Waals surface area contributed by atoms with E-state index in [0.29, 0.717) is 11.8 Å². The quantitative estimate of drug-likeness (QED) is 0.635. The highest BCUT2D eigenvalue weighted by Crippen LogP contribution is 2.34. The molecule has 2 atom stereocenters. The average Bonchev–Trinajstić information content (AvgIpc) is 2.04. The Morgan fingerprint density at radius 3 is 2.33 bits per heavy atom. The van der Waals surface area contributed by atoms with Gasteiger partial charge in [-0.3, -0.25) is 0 Å². The zero-order chi connectivity index (χ0) is 8.55. The summed E-state index contributed by atoms with van der Waals surface area (Å²) in [6.07, 6.45) is 3.84. The zero-order valence-corrected chi connectivity index (χ0v) is 7.87. The normalized spacial score (nSPS) is 43.0. The maximum Gasteiger partial charge on any atom is 0.0620 e. The second-order valence-electron chi connectivity index (χ2n) is 4.29. The van der Waals surface area contributed by atoms with Crippen molar-refractivity contribution < 1.29 is 5.11 Å². The fraction of sp³-hybridized carbons (Fsp3) is 1.00. The number of nitrogens with zero attached hydrogens (tertiary/aromatic N) is 1. The molecule has 0 spiro atoms. The van der Waals surface area contributed by atoms with Gasteiger partial charge in [0.1, 0.15) is 0 Å². The summed E-state index contributed by atoms with van der Waals surface area (Å²) in [5.74, 6) is 1.16. The van der Waals surface area contributed by atoms with Crippen molar-refractivity contribution in [2.24, 2.45) is 11.8 Å². The third-order valence-electron chi connectivity index (χ3n) is 3.55. The Bertz CT molecular complexity index is 146. The molecule has 0 aromatic heterocycles. The molecule has 0 amide bonds. The first-order chi connectivity index (χ1) is 5.81. The fourth-order valence-electron chi connectivity index (χ4n) is 2.76. The number of piperidine rings is 1. The molecule has 1 aliphatic heterocycles. The molecule has 1 N–H and O–H groups in total. The predicted octanol–water partition coefficient (Wildman–Crippen LogP) is 1.10. The summed E-state index contributed by atoms with van der Waals surface area (Å²) in [5.41, 5.74) is 0. The smallest absolute Gasteiger partial charge is 0.0620 e. The molecule has 2 aliphatic rings. The number of hydrogen-bond acceptors (Lipinski definition) is 2. The third-order valence-corrected chi connectivity index (χ3v) is 3.55. The highest BCUT2D eigenvalue weighted by Gasteiger charge is 2.37. The molecule has 2 bridgehead atoms. The van der Waals surface area contributed by atoms with E-state index in [-0.39, 0.29) is 6.10 Å². The molecule has 2 heteroatoms. The van der Waals surface area contributed by atoms with Crippen molar-refractivity contribution in [1.29, 1.82) is 0 Å². The Morgan fingerprint density at radius 1 is 1.25 bits per heavy atom. The van der Waals surface area contributed by atoms with E-state index in [1.54, 1.807) is 0 Å². The zero-order valence-electron chi connectivity index (χ0n) is 7.87. The highest BCUT2D eigenvalue weighted by atomic mass is 16.3. The summed E-state index contributed by atoms with van der Waals surface area (Å²) in [4.78, 5) is 2.49. The Kier molecular flexibility index (Phi) is 2.37. The van der Waals surface area contributed by atoms with Crippen LogP contribution in [0.4, 0.5) is 0 Å². The van der Waals surface area contributed by atoms with Gasteiger partial charge in [0.05, 0.1) is 6.10 Å². The Hall–Kier alpha value is -0.0800. The van der Waals surface area contributed by atoms with Crippen molar-refractivity contribution in [2.75, 3.05) is 19.6 Å². The maximum atomic E-state index is 9.88. The van der Waals surface area contributed by atoms with Gasteiger partial charge in [0, 0.05) is 13.1 Å². The van der Waals surface area contributed by atoms with Gasteiger partial charge in [0.25, 0.3) is 0 Å². The lowest BCUT2D eigenvalue weighted by Crippen LogP contribution is -2.51. The van der Waals surface area contributed by atoms with Crippen molar-refractivity contribution in [3.63, 3.8) is 0 Å². The molecule has 12 heavy (non-hydrogen) atoms. The lowest BCUT2D eigenvalue weighted by Gasteiger charge is -2.44. The number of fused-ring (bicyclic) bond motifs is 2. The van der Waals surface area contributed by atoms with Crippen LogP contribution in [0.1, 0.15) is 26.2 Å². The fourth-order valence-corrected chi connectivity index (χ4v) is 2.76. The van der Waals surface area contributed by atoms with Crippen molar-refractivity contribution in [3.05, 3.63) is 0 Å². The van der Waals surface area contributed by atoms with Gasteiger partial charge >= 0.3 is 0 Å². The van der Waals surface area contributed by atoms with E-state index in [2.05, 4.69) is 11.8 Å². The standard InChI is InChI=1S/C10H19NO/c1-2-11-6-8-4-3-5-9(7-11)10(8)12/h8-10,12H,2-7H2,1H3/t8-,9-/m1/s1. The van der Waals surface area contributed by atoms with Gasteiger partial charge in [0.2, 0.25) is 0 Å². The van der Waals surface area contributed by atoms with Crippen molar-refractivity contribution in [1.82, 2.24) is 4.90 Å². The minimum atomic E-state index is 0.0153. The Labute approximate surface area is 74.6 Å². The van der Waals surface area contributed by atoms with Gasteiger partial charge < -0.3 is 10.0 Å². The van der Waals surface area contributed by atoms with Crippen LogP contribution in [0.5, 0.6) is 0 Å². The van der Waals surface area contributed by atoms with E-state index in [1.165, 1.54) is 19.3 Å². The van der Waals surface area contributed by atoms with Crippen LogP contribution >= 0.6 is 0 Å². The number of aliphatic hydroxyl groups excluding tert-OH is 1. The third kappa shape index (κ3) is 1.38.